The molecule has 1 amide bonds. The van der Waals surface area contributed by atoms with Crippen molar-refractivity contribution in [2.45, 2.75) is 69.9 Å². The second kappa shape index (κ2) is 9.15. The second-order valence-electron chi connectivity index (χ2n) is 9.37. The van der Waals surface area contributed by atoms with Crippen LogP contribution in [-0.4, -0.2) is 59.4 Å². The molecule has 166 valence electrons. The van der Waals surface area contributed by atoms with Crippen LogP contribution < -0.4 is 9.64 Å². The first kappa shape index (κ1) is 21.4. The summed E-state index contributed by atoms with van der Waals surface area (Å²) in [5, 5.41) is 21.6. The molecule has 4 rings (SSSR count). The second-order valence-corrected chi connectivity index (χ2v) is 9.37. The van der Waals surface area contributed by atoms with Crippen LogP contribution in [0, 0.1) is 5.92 Å². The van der Waals surface area contributed by atoms with E-state index in [2.05, 4.69) is 0 Å². The lowest BCUT2D eigenvalue weighted by Gasteiger charge is -2.50. The number of aromatic hydroxyl groups is 1. The van der Waals surface area contributed by atoms with Crippen LogP contribution in [0.5, 0.6) is 11.5 Å². The number of fused-ring (bicyclic) bond motifs is 1. The normalized spacial score (nSPS) is 31.8. The predicted molar refractivity (Wildman–Crippen MR) is 115 cm³/mol. The molecule has 1 unspecified atom stereocenters. The zero-order valence-corrected chi connectivity index (χ0v) is 18.2. The molecule has 1 aromatic rings. The highest BCUT2D eigenvalue weighted by molar-refractivity contribution is 5.77. The van der Waals surface area contributed by atoms with Gasteiger partial charge >= 0.3 is 0 Å². The topological polar surface area (TPSA) is 74.4 Å². The number of benzene rings is 1. The van der Waals surface area contributed by atoms with Gasteiger partial charge in [-0.2, -0.15) is 0 Å². The quantitative estimate of drug-likeness (QED) is 0.686. The van der Waals surface area contributed by atoms with Gasteiger partial charge < -0.3 is 24.7 Å². The number of nitrogens with zero attached hydrogens (tertiary/aromatic N) is 1. The monoisotopic (exact) mass is 417 g/mol. The fourth-order valence-corrected chi connectivity index (χ4v) is 5.96. The molecule has 3 N–H and O–H groups in total. The number of ether oxygens (including phenoxy) is 1. The first-order valence-corrected chi connectivity index (χ1v) is 11.8. The van der Waals surface area contributed by atoms with Crippen molar-refractivity contribution in [1.82, 2.24) is 4.90 Å². The Kier molecular flexibility index (Phi) is 6.54. The van der Waals surface area contributed by atoms with Gasteiger partial charge in [0.15, 0.2) is 18.0 Å². The highest BCUT2D eigenvalue weighted by Gasteiger charge is 2.52. The Balaban J connectivity index is 1.63. The van der Waals surface area contributed by atoms with E-state index in [1.54, 1.807) is 6.07 Å². The largest absolute Gasteiger partial charge is 0.504 e. The number of likely N-dealkylation sites (tertiary alicyclic amines) is 2. The molecule has 1 aliphatic carbocycles. The fraction of sp³-hybridized carbons (Fsp3) is 0.708. The summed E-state index contributed by atoms with van der Waals surface area (Å²) >= 11 is 0. The van der Waals surface area contributed by atoms with Gasteiger partial charge in [0.2, 0.25) is 0 Å². The van der Waals surface area contributed by atoms with Crippen LogP contribution in [0.2, 0.25) is 0 Å². The fourth-order valence-electron chi connectivity index (χ4n) is 5.96. The number of rotatable bonds is 5. The Morgan fingerprint density at radius 1 is 1.20 bits per heavy atom. The number of phenols is 1. The van der Waals surface area contributed by atoms with Crippen molar-refractivity contribution in [3.8, 4) is 11.5 Å². The standard InChI is InChI=1S/C24H36N2O4/c1-2-30-21-16-18(9-10-20(21)27)23-19-8-4-5-11-24(19,29)12-15-26(23)17-22(28)25-13-6-3-7-14-25/h9-10,16,19,23,27,29H,2-8,11-15,17H2,1H3/p+1/t19-,23+,24+/m0/s1. The van der Waals surface area contributed by atoms with Gasteiger partial charge in [-0.05, 0) is 57.2 Å². The van der Waals surface area contributed by atoms with E-state index in [4.69, 9.17) is 4.74 Å². The van der Waals surface area contributed by atoms with Crippen molar-refractivity contribution in [2.24, 2.45) is 5.92 Å². The van der Waals surface area contributed by atoms with Gasteiger partial charge in [-0.25, -0.2) is 0 Å². The van der Waals surface area contributed by atoms with E-state index in [9.17, 15) is 15.0 Å². The lowest BCUT2D eigenvalue weighted by atomic mass is 9.66. The molecule has 0 radical (unpaired) electrons. The summed E-state index contributed by atoms with van der Waals surface area (Å²) in [6, 6.07) is 5.61. The molecule has 0 spiro atoms. The smallest absolute Gasteiger partial charge is 0.277 e. The minimum Gasteiger partial charge on any atom is -0.504 e. The Hall–Kier alpha value is -1.79. The van der Waals surface area contributed by atoms with E-state index in [0.29, 0.717) is 18.9 Å². The number of amides is 1. The zero-order chi connectivity index (χ0) is 21.1. The molecule has 6 nitrogen and oxygen atoms in total. The van der Waals surface area contributed by atoms with Crippen LogP contribution in [0.25, 0.3) is 0 Å². The van der Waals surface area contributed by atoms with E-state index >= 15 is 0 Å². The molecule has 4 atom stereocenters. The van der Waals surface area contributed by atoms with E-state index in [0.717, 1.165) is 70.1 Å². The summed E-state index contributed by atoms with van der Waals surface area (Å²) in [5.74, 6) is 0.992. The Labute approximate surface area is 179 Å². The number of piperidine rings is 2. The third-order valence-electron chi connectivity index (χ3n) is 7.52. The molecule has 3 fully saturated rings. The number of nitrogens with one attached hydrogen (secondary N) is 1. The van der Waals surface area contributed by atoms with Crippen molar-refractivity contribution >= 4 is 5.91 Å². The zero-order valence-electron chi connectivity index (χ0n) is 18.2. The average Bonchev–Trinajstić information content (AvgIpc) is 2.76. The molecular formula is C24H37N2O4+. The molecule has 30 heavy (non-hydrogen) atoms. The van der Waals surface area contributed by atoms with E-state index in [-0.39, 0.29) is 23.6 Å². The lowest BCUT2D eigenvalue weighted by Crippen LogP contribution is -3.16. The first-order chi connectivity index (χ1) is 14.5. The van der Waals surface area contributed by atoms with Gasteiger partial charge in [0.25, 0.3) is 5.91 Å². The Morgan fingerprint density at radius 3 is 2.77 bits per heavy atom. The number of aliphatic hydroxyl groups is 1. The molecule has 2 aliphatic heterocycles. The van der Waals surface area contributed by atoms with Crippen molar-refractivity contribution in [2.75, 3.05) is 32.8 Å². The van der Waals surface area contributed by atoms with Crippen LogP contribution in [0.3, 0.4) is 0 Å². The highest BCUT2D eigenvalue weighted by atomic mass is 16.5. The van der Waals surface area contributed by atoms with Crippen LogP contribution in [0.15, 0.2) is 18.2 Å². The Bertz CT molecular complexity index is 749. The number of quaternary nitrogens is 1. The lowest BCUT2D eigenvalue weighted by molar-refractivity contribution is -0.938. The molecule has 0 bridgehead atoms. The van der Waals surface area contributed by atoms with Crippen molar-refractivity contribution in [1.29, 1.82) is 0 Å². The molecule has 3 aliphatic rings. The third-order valence-corrected chi connectivity index (χ3v) is 7.52. The van der Waals surface area contributed by atoms with Crippen molar-refractivity contribution in [3.63, 3.8) is 0 Å². The maximum absolute atomic E-state index is 13.1. The molecule has 0 aromatic heterocycles. The predicted octanol–water partition coefficient (Wildman–Crippen LogP) is 2.05. The molecule has 1 saturated carbocycles. The highest BCUT2D eigenvalue weighted by Crippen LogP contribution is 2.45. The Morgan fingerprint density at radius 2 is 2.00 bits per heavy atom. The van der Waals surface area contributed by atoms with E-state index in [1.807, 2.05) is 24.0 Å². The van der Waals surface area contributed by atoms with E-state index in [1.165, 1.54) is 11.3 Å². The minimum absolute atomic E-state index is 0.0394. The van der Waals surface area contributed by atoms with Gasteiger partial charge in [-0.15, -0.1) is 0 Å². The molecule has 1 aromatic carbocycles. The summed E-state index contributed by atoms with van der Waals surface area (Å²) in [5.41, 5.74) is 0.410. The molecule has 6 heteroatoms. The van der Waals surface area contributed by atoms with E-state index < -0.39 is 5.60 Å². The van der Waals surface area contributed by atoms with Gasteiger partial charge in [0, 0.05) is 31.0 Å². The van der Waals surface area contributed by atoms with Crippen LogP contribution in [0.1, 0.15) is 69.9 Å². The molecule has 2 saturated heterocycles. The van der Waals surface area contributed by atoms with Crippen LogP contribution in [-0.2, 0) is 4.79 Å². The average molecular weight is 418 g/mol. The van der Waals surface area contributed by atoms with Gasteiger partial charge in [0.05, 0.1) is 18.8 Å². The summed E-state index contributed by atoms with van der Waals surface area (Å²) in [6.45, 7) is 5.40. The summed E-state index contributed by atoms with van der Waals surface area (Å²) in [4.78, 5) is 16.4. The van der Waals surface area contributed by atoms with Crippen molar-refractivity contribution < 1.29 is 24.6 Å². The molecule has 2 heterocycles. The summed E-state index contributed by atoms with van der Waals surface area (Å²) in [7, 11) is 0. The summed E-state index contributed by atoms with van der Waals surface area (Å²) in [6.07, 6.45) is 8.18. The van der Waals surface area contributed by atoms with Crippen molar-refractivity contribution in [3.05, 3.63) is 23.8 Å². The maximum atomic E-state index is 13.1. The maximum Gasteiger partial charge on any atom is 0.277 e. The van der Waals surface area contributed by atoms with Crippen LogP contribution in [0.4, 0.5) is 0 Å². The van der Waals surface area contributed by atoms with Gasteiger partial charge in [-0.3, -0.25) is 4.79 Å². The first-order valence-electron chi connectivity index (χ1n) is 11.8. The van der Waals surface area contributed by atoms with Gasteiger partial charge in [0.1, 0.15) is 6.04 Å². The minimum atomic E-state index is -0.649. The number of phenolic OH excluding ortho intramolecular Hbond substituents is 1. The summed E-state index contributed by atoms with van der Waals surface area (Å²) < 4.78 is 5.64. The SMILES string of the molecule is CCOc1cc([C@@H]2[C@@H]3CCCC[C@@]3(O)CC[NH+]2CC(=O)N2CCCCC2)ccc1O. The number of hydrogen-bond acceptors (Lipinski definition) is 4. The third kappa shape index (κ3) is 4.30. The van der Waals surface area contributed by atoms with Crippen LogP contribution >= 0.6 is 0 Å². The number of hydrogen-bond donors (Lipinski definition) is 3. The number of carbonyl (C=O) groups excluding carboxylic acids is 1. The molecular weight excluding hydrogens is 380 g/mol. The number of carbonyl (C=O) groups is 1. The van der Waals surface area contributed by atoms with Gasteiger partial charge in [-0.1, -0.05) is 12.8 Å².